The molecule has 1 N–H and O–H groups in total. The molecular weight excluding hydrogens is 464 g/mol. The number of anilines is 1. The van der Waals surface area contributed by atoms with Gasteiger partial charge in [0.15, 0.2) is 0 Å². The Labute approximate surface area is 197 Å². The van der Waals surface area contributed by atoms with Gasteiger partial charge in [-0.2, -0.15) is 4.31 Å². The van der Waals surface area contributed by atoms with Crippen molar-refractivity contribution < 1.29 is 37.0 Å². The molecule has 0 aliphatic carbocycles. The van der Waals surface area contributed by atoms with Gasteiger partial charge in [-0.25, -0.2) is 18.0 Å². The number of nitrogens with zero attached hydrogens (tertiary/aromatic N) is 1. The number of rotatable bonds is 8. The van der Waals surface area contributed by atoms with Crippen LogP contribution < -0.4 is 5.32 Å². The van der Waals surface area contributed by atoms with Crippen molar-refractivity contribution in [2.75, 3.05) is 44.8 Å². The summed E-state index contributed by atoms with van der Waals surface area (Å²) < 4.78 is 42.3. The Hall–Kier alpha value is -3.28. The van der Waals surface area contributed by atoms with Gasteiger partial charge in [-0.3, -0.25) is 4.79 Å². The van der Waals surface area contributed by atoms with E-state index < -0.39 is 27.9 Å². The van der Waals surface area contributed by atoms with Gasteiger partial charge in [-0.1, -0.05) is 6.07 Å². The first-order valence-electron chi connectivity index (χ1n) is 10.7. The van der Waals surface area contributed by atoms with Gasteiger partial charge in [0.2, 0.25) is 10.0 Å². The van der Waals surface area contributed by atoms with E-state index in [0.29, 0.717) is 13.2 Å². The summed E-state index contributed by atoms with van der Waals surface area (Å²) in [6.45, 7) is 4.63. The monoisotopic (exact) mass is 490 g/mol. The van der Waals surface area contributed by atoms with Gasteiger partial charge in [-0.05, 0) is 50.2 Å². The molecule has 2 aromatic rings. The first kappa shape index (κ1) is 25.3. The predicted molar refractivity (Wildman–Crippen MR) is 122 cm³/mol. The van der Waals surface area contributed by atoms with Gasteiger partial charge in [0.25, 0.3) is 5.91 Å². The van der Waals surface area contributed by atoms with Gasteiger partial charge in [-0.15, -0.1) is 0 Å². The minimum absolute atomic E-state index is 0.0189. The molecule has 1 fully saturated rings. The smallest absolute Gasteiger partial charge is 0.338 e. The standard InChI is InChI=1S/C23H26N2O8S/c1-3-32-22(27)17-12-18(23(28)33-4-2)14-19(13-17)24-21(26)16-6-5-7-20(15-16)34(29,30)25-8-10-31-11-9-25/h5-7,12-15H,3-4,8-11H2,1-2H3,(H,24,26). The number of carbonyl (C=O) groups is 3. The van der Waals surface area contributed by atoms with Crippen molar-refractivity contribution in [3.63, 3.8) is 0 Å². The second-order valence-electron chi connectivity index (χ2n) is 7.24. The van der Waals surface area contributed by atoms with Crippen LogP contribution in [0.25, 0.3) is 0 Å². The zero-order chi connectivity index (χ0) is 24.7. The number of hydrogen-bond donors (Lipinski definition) is 1. The van der Waals surface area contributed by atoms with Gasteiger partial charge >= 0.3 is 11.9 Å². The second-order valence-corrected chi connectivity index (χ2v) is 9.18. The Morgan fingerprint density at radius 1 is 0.912 bits per heavy atom. The lowest BCUT2D eigenvalue weighted by molar-refractivity contribution is 0.0525. The Balaban J connectivity index is 1.88. The fraction of sp³-hybridized carbons (Fsp3) is 0.348. The van der Waals surface area contributed by atoms with E-state index in [9.17, 15) is 22.8 Å². The van der Waals surface area contributed by atoms with Crippen LogP contribution in [-0.4, -0.2) is 70.1 Å². The Morgan fingerprint density at radius 2 is 1.50 bits per heavy atom. The molecule has 0 radical (unpaired) electrons. The van der Waals surface area contributed by atoms with E-state index in [1.54, 1.807) is 13.8 Å². The third-order valence-electron chi connectivity index (χ3n) is 4.92. The Bertz CT molecular complexity index is 1140. The van der Waals surface area contributed by atoms with Crippen LogP contribution in [0.1, 0.15) is 44.9 Å². The van der Waals surface area contributed by atoms with Crippen molar-refractivity contribution in [1.29, 1.82) is 0 Å². The van der Waals surface area contributed by atoms with E-state index in [2.05, 4.69) is 5.32 Å². The highest BCUT2D eigenvalue weighted by atomic mass is 32.2. The van der Waals surface area contributed by atoms with Crippen molar-refractivity contribution in [3.05, 3.63) is 59.2 Å². The summed E-state index contributed by atoms with van der Waals surface area (Å²) in [6, 6.07) is 9.70. The van der Waals surface area contributed by atoms with Crippen LogP contribution >= 0.6 is 0 Å². The summed E-state index contributed by atoms with van der Waals surface area (Å²) in [7, 11) is -3.79. The molecule has 0 aromatic heterocycles. The molecule has 1 aliphatic rings. The van der Waals surface area contributed by atoms with Gasteiger partial charge in [0.1, 0.15) is 0 Å². The number of hydrogen-bond acceptors (Lipinski definition) is 8. The third-order valence-corrected chi connectivity index (χ3v) is 6.81. The number of ether oxygens (including phenoxy) is 3. The molecule has 3 rings (SSSR count). The van der Waals surface area contributed by atoms with Crippen LogP contribution in [0.2, 0.25) is 0 Å². The highest BCUT2D eigenvalue weighted by molar-refractivity contribution is 7.89. The molecule has 1 aliphatic heterocycles. The molecule has 0 saturated carbocycles. The summed E-state index contributed by atoms with van der Waals surface area (Å²) in [5, 5.41) is 2.61. The molecule has 1 heterocycles. The summed E-state index contributed by atoms with van der Waals surface area (Å²) >= 11 is 0. The van der Waals surface area contributed by atoms with Gasteiger partial charge < -0.3 is 19.5 Å². The maximum absolute atomic E-state index is 12.9. The largest absolute Gasteiger partial charge is 0.462 e. The van der Waals surface area contributed by atoms with Crippen molar-refractivity contribution >= 4 is 33.6 Å². The Kier molecular flexibility index (Phi) is 8.37. The van der Waals surface area contributed by atoms with Crippen LogP contribution in [0, 0.1) is 0 Å². The number of nitrogens with one attached hydrogen (secondary N) is 1. The molecule has 34 heavy (non-hydrogen) atoms. The molecule has 2 aromatic carbocycles. The minimum atomic E-state index is -3.79. The maximum atomic E-state index is 12.9. The third kappa shape index (κ3) is 5.99. The van der Waals surface area contributed by atoms with E-state index in [-0.39, 0.29) is 53.6 Å². The average molecular weight is 491 g/mol. The quantitative estimate of drug-likeness (QED) is 0.559. The van der Waals surface area contributed by atoms with Crippen molar-refractivity contribution in [2.45, 2.75) is 18.7 Å². The maximum Gasteiger partial charge on any atom is 0.338 e. The average Bonchev–Trinajstić information content (AvgIpc) is 2.84. The SMILES string of the molecule is CCOC(=O)c1cc(NC(=O)c2cccc(S(=O)(=O)N3CCOCC3)c2)cc(C(=O)OCC)c1. The lowest BCUT2D eigenvalue weighted by Crippen LogP contribution is -2.40. The molecule has 1 saturated heterocycles. The van der Waals surface area contributed by atoms with Gasteiger partial charge in [0.05, 0.1) is 42.4 Å². The first-order valence-corrected chi connectivity index (χ1v) is 12.2. The van der Waals surface area contributed by atoms with E-state index in [4.69, 9.17) is 14.2 Å². The molecular formula is C23H26N2O8S. The predicted octanol–water partition coefficient (Wildman–Crippen LogP) is 2.31. The minimum Gasteiger partial charge on any atom is -0.462 e. The van der Waals surface area contributed by atoms with E-state index in [1.807, 2.05) is 0 Å². The number of benzene rings is 2. The van der Waals surface area contributed by atoms with Crippen molar-refractivity contribution in [3.8, 4) is 0 Å². The van der Waals surface area contributed by atoms with Crippen molar-refractivity contribution in [1.82, 2.24) is 4.31 Å². The number of morpholine rings is 1. The van der Waals surface area contributed by atoms with E-state index in [0.717, 1.165) is 0 Å². The lowest BCUT2D eigenvalue weighted by atomic mass is 10.1. The molecule has 0 atom stereocenters. The van der Waals surface area contributed by atoms with Crippen LogP contribution in [0.3, 0.4) is 0 Å². The van der Waals surface area contributed by atoms with E-state index >= 15 is 0 Å². The highest BCUT2D eigenvalue weighted by Crippen LogP contribution is 2.21. The summed E-state index contributed by atoms with van der Waals surface area (Å²) in [6.07, 6.45) is 0. The van der Waals surface area contributed by atoms with Crippen LogP contribution in [-0.2, 0) is 24.2 Å². The van der Waals surface area contributed by atoms with Crippen LogP contribution in [0.5, 0.6) is 0 Å². The van der Waals surface area contributed by atoms with Crippen LogP contribution in [0.15, 0.2) is 47.4 Å². The summed E-state index contributed by atoms with van der Waals surface area (Å²) in [5.74, 6) is -1.94. The molecule has 11 heteroatoms. The topological polar surface area (TPSA) is 128 Å². The fourth-order valence-electron chi connectivity index (χ4n) is 3.30. The van der Waals surface area contributed by atoms with Crippen LogP contribution in [0.4, 0.5) is 5.69 Å². The molecule has 0 bridgehead atoms. The summed E-state index contributed by atoms with van der Waals surface area (Å²) in [5.41, 5.74) is 0.367. The lowest BCUT2D eigenvalue weighted by Gasteiger charge is -2.26. The molecule has 182 valence electrons. The highest BCUT2D eigenvalue weighted by Gasteiger charge is 2.27. The zero-order valence-electron chi connectivity index (χ0n) is 18.9. The number of sulfonamides is 1. The molecule has 10 nitrogen and oxygen atoms in total. The van der Waals surface area contributed by atoms with Gasteiger partial charge in [0, 0.05) is 24.3 Å². The number of amides is 1. The molecule has 0 unspecified atom stereocenters. The number of carbonyl (C=O) groups excluding carboxylic acids is 3. The van der Waals surface area contributed by atoms with Crippen molar-refractivity contribution in [2.24, 2.45) is 0 Å². The second kappa shape index (κ2) is 11.2. The normalized spacial score (nSPS) is 14.3. The number of esters is 2. The molecule has 0 spiro atoms. The first-order chi connectivity index (χ1) is 16.3. The zero-order valence-corrected chi connectivity index (χ0v) is 19.7. The molecule has 1 amide bonds. The van der Waals surface area contributed by atoms with E-state index in [1.165, 1.54) is 46.8 Å². The Morgan fingerprint density at radius 3 is 2.06 bits per heavy atom. The summed E-state index contributed by atoms with van der Waals surface area (Å²) in [4.78, 5) is 37.3. The fourth-order valence-corrected chi connectivity index (χ4v) is 4.76.